The zero-order valence-corrected chi connectivity index (χ0v) is 42.8. The first kappa shape index (κ1) is 54.7. The van der Waals surface area contributed by atoms with E-state index in [1.807, 2.05) is 26.8 Å². The Morgan fingerprint density at radius 1 is 0.857 bits per heavy atom. The third kappa shape index (κ3) is 18.3. The van der Waals surface area contributed by atoms with Crippen LogP contribution in [0, 0.1) is 23.7 Å². The lowest BCUT2D eigenvalue weighted by atomic mass is 9.85. The molecule has 0 aliphatic carbocycles. The van der Waals surface area contributed by atoms with Gasteiger partial charge in [0.05, 0.1) is 49.4 Å². The molecule has 3 aliphatic rings. The van der Waals surface area contributed by atoms with Crippen LogP contribution < -0.4 is 10.6 Å². The number of carbonyl (C=O) groups is 4. The molecule has 0 aromatic rings. The maximum Gasteiger partial charge on any atom is 0.303 e. The Balaban J connectivity index is 1.46. The molecule has 0 bridgehead atoms. The van der Waals surface area contributed by atoms with E-state index in [4.69, 9.17) is 28.1 Å². The second-order valence-electron chi connectivity index (χ2n) is 20.8. The number of esters is 2. The molecule has 12 atom stereocenters. The summed E-state index contributed by atoms with van der Waals surface area (Å²) in [6, 6.07) is 0. The van der Waals surface area contributed by atoms with Gasteiger partial charge in [-0.15, -0.1) is 0 Å². The van der Waals surface area contributed by atoms with E-state index in [0.29, 0.717) is 18.4 Å². The number of hydrogen-bond acceptors (Lipinski definition) is 10. The first-order chi connectivity index (χ1) is 29.4. The van der Waals surface area contributed by atoms with Crippen molar-refractivity contribution in [2.45, 2.75) is 233 Å². The highest BCUT2D eigenvalue weighted by Gasteiger charge is 2.45. The maximum atomic E-state index is 13.4. The molecule has 3 rings (SSSR count). The number of ether oxygens (including phenoxy) is 5. The zero-order valence-electron chi connectivity index (χ0n) is 41.8. The van der Waals surface area contributed by atoms with Crippen molar-refractivity contribution in [1.82, 2.24) is 10.6 Å². The number of hydrogen-bond donors (Lipinski definition) is 2. The Labute approximate surface area is 382 Å². The number of allylic oxidation sites excluding steroid dienone is 2. The summed E-state index contributed by atoms with van der Waals surface area (Å²) in [5.74, 6) is -1.51. The van der Waals surface area contributed by atoms with Crippen molar-refractivity contribution in [2.24, 2.45) is 23.7 Å². The van der Waals surface area contributed by atoms with Crippen LogP contribution in [0.15, 0.2) is 23.8 Å². The normalized spacial score (nSPS) is 28.4. The molecule has 0 aromatic carbocycles. The van der Waals surface area contributed by atoms with Gasteiger partial charge in [0.15, 0.2) is 14.1 Å². The Morgan fingerprint density at radius 2 is 1.54 bits per heavy atom. The molecule has 3 saturated heterocycles. The average Bonchev–Trinajstić information content (AvgIpc) is 3.18. The standard InChI is InChI=1S/C50H88N2O10Si/c1-15-18-43(62-63(13,14)49(10,11)12)30-42-24-22-34(3)45(59-42)31-47(55)52-32-46(58-40(9)54)37(6)48(56)51-28-17-20-44-35(4)25-27-50(61-44)26-16-19-41(60-50)23-21-33(2)29-36(5)38(7)57-39(8)53/h15,18,29,33-35,37-38,41-46H,16-17,19-28,30-32H2,1-14H3,(H,51,56)(H,52,55)/b18-15+,36-29+/t33-,34-,35-,37-,38-,41-,42+,43-,44+,45-,46-,50-/m0/s1. The molecule has 0 saturated carbocycles. The molecule has 3 fully saturated rings. The highest BCUT2D eigenvalue weighted by atomic mass is 28.4. The lowest BCUT2D eigenvalue weighted by Crippen LogP contribution is -2.50. The van der Waals surface area contributed by atoms with Crippen LogP contribution in [-0.4, -0.2) is 93.7 Å². The van der Waals surface area contributed by atoms with Crippen molar-refractivity contribution >= 4 is 32.1 Å². The van der Waals surface area contributed by atoms with Gasteiger partial charge < -0.3 is 38.7 Å². The SMILES string of the molecule is C/C=C/[C@@H](C[C@H]1CC[C@H](C)[C@H](CC(=O)NC[C@H](OC(C)=O)[C@H](C)C(=O)NCCC[C@H]2O[C@@]3(CCC[C@@H](CC[C@H](C)/C=C(\C)[C@H](C)OC(C)=O)O3)CC[C@@H]2C)O1)O[Si](C)(C)C(C)(C)C. The molecule has 362 valence electrons. The summed E-state index contributed by atoms with van der Waals surface area (Å²) in [5, 5.41) is 6.08. The third-order valence-corrected chi connectivity index (χ3v) is 18.7. The summed E-state index contributed by atoms with van der Waals surface area (Å²) in [4.78, 5) is 50.2. The van der Waals surface area contributed by atoms with E-state index in [9.17, 15) is 19.2 Å². The van der Waals surface area contributed by atoms with Crippen LogP contribution in [0.2, 0.25) is 18.1 Å². The Kier molecular flexibility index (Phi) is 22.0. The van der Waals surface area contributed by atoms with Gasteiger partial charge in [0.25, 0.3) is 0 Å². The van der Waals surface area contributed by atoms with Crippen LogP contribution in [-0.2, 0) is 47.3 Å². The lowest BCUT2D eigenvalue weighted by molar-refractivity contribution is -0.324. The molecule has 12 nitrogen and oxygen atoms in total. The molecule has 2 amide bonds. The number of nitrogens with one attached hydrogen (secondary N) is 2. The van der Waals surface area contributed by atoms with E-state index in [1.165, 1.54) is 13.8 Å². The van der Waals surface area contributed by atoms with Crippen LogP contribution in [0.5, 0.6) is 0 Å². The molecule has 0 radical (unpaired) electrons. The monoisotopic (exact) mass is 905 g/mol. The molecule has 3 heterocycles. The van der Waals surface area contributed by atoms with Gasteiger partial charge >= 0.3 is 11.9 Å². The van der Waals surface area contributed by atoms with Crippen molar-refractivity contribution in [3.8, 4) is 0 Å². The van der Waals surface area contributed by atoms with Crippen molar-refractivity contribution in [2.75, 3.05) is 13.1 Å². The lowest BCUT2D eigenvalue weighted by Gasteiger charge is -2.48. The van der Waals surface area contributed by atoms with Crippen LogP contribution in [0.25, 0.3) is 0 Å². The summed E-state index contributed by atoms with van der Waals surface area (Å²) < 4.78 is 37.8. The van der Waals surface area contributed by atoms with Crippen LogP contribution >= 0.6 is 0 Å². The fraction of sp³-hybridized carbons (Fsp3) is 0.840. The highest BCUT2D eigenvalue weighted by molar-refractivity contribution is 6.74. The molecule has 63 heavy (non-hydrogen) atoms. The zero-order chi connectivity index (χ0) is 47.1. The second kappa shape index (κ2) is 25.4. The van der Waals surface area contributed by atoms with Gasteiger partial charge in [-0.3, -0.25) is 19.2 Å². The topological polar surface area (TPSA) is 148 Å². The summed E-state index contributed by atoms with van der Waals surface area (Å²) in [7, 11) is -1.99. The van der Waals surface area contributed by atoms with E-state index >= 15 is 0 Å². The molecular weight excluding hydrogens is 817 g/mol. The fourth-order valence-corrected chi connectivity index (χ4v) is 10.2. The minimum Gasteiger partial charge on any atom is -0.460 e. The van der Waals surface area contributed by atoms with Gasteiger partial charge in [0.2, 0.25) is 11.8 Å². The van der Waals surface area contributed by atoms with Crippen LogP contribution in [0.1, 0.15) is 167 Å². The smallest absolute Gasteiger partial charge is 0.303 e. The first-order valence-corrected chi connectivity index (χ1v) is 27.2. The second-order valence-corrected chi connectivity index (χ2v) is 25.6. The van der Waals surface area contributed by atoms with E-state index in [-0.39, 0.29) is 78.3 Å². The maximum absolute atomic E-state index is 13.4. The molecular formula is C50H88N2O10Si. The summed E-state index contributed by atoms with van der Waals surface area (Å²) in [6.07, 6.45) is 16.3. The summed E-state index contributed by atoms with van der Waals surface area (Å²) >= 11 is 0. The molecule has 2 N–H and O–H groups in total. The van der Waals surface area contributed by atoms with E-state index < -0.39 is 32.1 Å². The Morgan fingerprint density at radius 3 is 2.19 bits per heavy atom. The summed E-state index contributed by atoms with van der Waals surface area (Å²) in [6.45, 7) is 28.7. The van der Waals surface area contributed by atoms with Crippen LogP contribution in [0.3, 0.4) is 0 Å². The first-order valence-electron chi connectivity index (χ1n) is 24.3. The van der Waals surface area contributed by atoms with Crippen molar-refractivity contribution < 1.29 is 47.3 Å². The molecule has 0 aromatic heterocycles. The van der Waals surface area contributed by atoms with E-state index in [0.717, 1.165) is 82.6 Å². The molecule has 1 spiro atoms. The van der Waals surface area contributed by atoms with E-state index in [2.05, 4.69) is 77.4 Å². The average molecular weight is 905 g/mol. The highest BCUT2D eigenvalue weighted by Crippen LogP contribution is 2.43. The number of amides is 2. The predicted molar refractivity (Wildman–Crippen MR) is 251 cm³/mol. The van der Waals surface area contributed by atoms with Crippen molar-refractivity contribution in [1.29, 1.82) is 0 Å². The van der Waals surface area contributed by atoms with Crippen molar-refractivity contribution in [3.63, 3.8) is 0 Å². The number of carbonyl (C=O) groups excluding carboxylic acids is 4. The van der Waals surface area contributed by atoms with Gasteiger partial charge in [-0.2, -0.15) is 0 Å². The van der Waals surface area contributed by atoms with Crippen LogP contribution in [0.4, 0.5) is 0 Å². The van der Waals surface area contributed by atoms with Crippen molar-refractivity contribution in [3.05, 3.63) is 23.8 Å². The Hall–Kier alpha value is -2.58. The minimum atomic E-state index is -1.99. The molecule has 0 unspecified atom stereocenters. The largest absolute Gasteiger partial charge is 0.460 e. The quantitative estimate of drug-likeness (QED) is 0.0466. The summed E-state index contributed by atoms with van der Waals surface area (Å²) in [5.41, 5.74) is 1.06. The van der Waals surface area contributed by atoms with Gasteiger partial charge in [-0.25, -0.2) is 0 Å². The van der Waals surface area contributed by atoms with Gasteiger partial charge in [0, 0.05) is 39.7 Å². The third-order valence-electron chi connectivity index (χ3n) is 14.2. The van der Waals surface area contributed by atoms with Gasteiger partial charge in [-0.1, -0.05) is 59.8 Å². The van der Waals surface area contributed by atoms with Gasteiger partial charge in [-0.05, 0) is 127 Å². The minimum absolute atomic E-state index is 0.0153. The molecule has 13 heteroatoms. The fourth-order valence-electron chi connectivity index (χ4n) is 8.93. The predicted octanol–water partition coefficient (Wildman–Crippen LogP) is 9.89. The number of rotatable bonds is 22. The Bertz CT molecular complexity index is 1530. The van der Waals surface area contributed by atoms with Gasteiger partial charge in [0.1, 0.15) is 12.2 Å². The van der Waals surface area contributed by atoms with E-state index in [1.54, 1.807) is 6.92 Å². The molecule has 3 aliphatic heterocycles.